The summed E-state index contributed by atoms with van der Waals surface area (Å²) in [6, 6.07) is 11.0. The van der Waals surface area contributed by atoms with Crippen LogP contribution in [0.3, 0.4) is 0 Å². The smallest absolute Gasteiger partial charge is 0.341 e. The number of allylic oxidation sites excluding steroid dienone is 2. The number of carbonyl (C=O) groups excluding carboxylic acids is 2. The third-order valence-corrected chi connectivity index (χ3v) is 5.53. The van der Waals surface area contributed by atoms with Gasteiger partial charge in [0.15, 0.2) is 6.61 Å². The molecule has 0 aliphatic heterocycles. The van der Waals surface area contributed by atoms with Gasteiger partial charge in [0, 0.05) is 4.88 Å². The van der Waals surface area contributed by atoms with E-state index >= 15 is 0 Å². The molecule has 0 fully saturated rings. The summed E-state index contributed by atoms with van der Waals surface area (Å²) in [6.45, 7) is 8.21. The van der Waals surface area contributed by atoms with Crippen molar-refractivity contribution < 1.29 is 19.1 Å². The van der Waals surface area contributed by atoms with Crippen molar-refractivity contribution in [2.24, 2.45) is 0 Å². The van der Waals surface area contributed by atoms with E-state index in [0.29, 0.717) is 16.3 Å². The van der Waals surface area contributed by atoms with Crippen LogP contribution in [-0.4, -0.2) is 25.1 Å². The van der Waals surface area contributed by atoms with Crippen LogP contribution in [0.25, 0.3) is 0 Å². The van der Waals surface area contributed by atoms with Gasteiger partial charge in [-0.1, -0.05) is 36.8 Å². The van der Waals surface area contributed by atoms with Gasteiger partial charge < -0.3 is 14.8 Å². The van der Waals surface area contributed by atoms with E-state index in [1.807, 2.05) is 24.3 Å². The van der Waals surface area contributed by atoms with Crippen LogP contribution in [0.2, 0.25) is 0 Å². The summed E-state index contributed by atoms with van der Waals surface area (Å²) in [5, 5.41) is 3.32. The minimum absolute atomic E-state index is 0.129. The zero-order valence-electron chi connectivity index (χ0n) is 17.5. The van der Waals surface area contributed by atoms with Gasteiger partial charge in [0.25, 0.3) is 5.91 Å². The Morgan fingerprint density at radius 1 is 1.21 bits per heavy atom. The molecule has 2 aromatic rings. The van der Waals surface area contributed by atoms with E-state index in [1.165, 1.54) is 16.9 Å². The van der Waals surface area contributed by atoms with Crippen LogP contribution in [0.1, 0.15) is 61.7 Å². The molecule has 0 saturated heterocycles. The van der Waals surface area contributed by atoms with E-state index in [2.05, 4.69) is 32.2 Å². The van der Waals surface area contributed by atoms with E-state index < -0.39 is 5.97 Å². The van der Waals surface area contributed by atoms with Crippen LogP contribution < -0.4 is 10.1 Å². The molecule has 0 bridgehead atoms. The molecule has 29 heavy (non-hydrogen) atoms. The third kappa shape index (κ3) is 7.38. The highest BCUT2D eigenvalue weighted by Crippen LogP contribution is 2.35. The molecule has 0 aliphatic rings. The topological polar surface area (TPSA) is 64.6 Å². The van der Waals surface area contributed by atoms with E-state index in [0.717, 1.165) is 17.7 Å². The first-order valence-electron chi connectivity index (χ1n) is 9.82. The molecule has 1 heterocycles. The summed E-state index contributed by atoms with van der Waals surface area (Å²) in [5.41, 5.74) is 1.69. The molecule has 1 aromatic carbocycles. The molecule has 1 amide bonds. The zero-order valence-corrected chi connectivity index (χ0v) is 18.3. The van der Waals surface area contributed by atoms with Gasteiger partial charge in [0.2, 0.25) is 0 Å². The number of benzene rings is 1. The molecule has 0 spiro atoms. The first-order chi connectivity index (χ1) is 13.9. The van der Waals surface area contributed by atoms with E-state index in [4.69, 9.17) is 9.47 Å². The molecule has 1 N–H and O–H groups in total. The van der Waals surface area contributed by atoms with Crippen molar-refractivity contribution in [3.8, 4) is 5.75 Å². The Kier molecular flexibility index (Phi) is 8.93. The van der Waals surface area contributed by atoms with Crippen molar-refractivity contribution in [3.05, 3.63) is 58.5 Å². The second kappa shape index (κ2) is 11.4. The lowest BCUT2D eigenvalue weighted by atomic mass is 10.0. The Balaban J connectivity index is 2.09. The first kappa shape index (κ1) is 22.7. The van der Waals surface area contributed by atoms with Crippen molar-refractivity contribution in [2.45, 2.75) is 46.5 Å². The van der Waals surface area contributed by atoms with Crippen LogP contribution in [-0.2, 0) is 9.53 Å². The normalized spacial score (nSPS) is 11.4. The number of esters is 1. The molecular weight excluding hydrogens is 386 g/mol. The van der Waals surface area contributed by atoms with Gasteiger partial charge in [0.1, 0.15) is 10.8 Å². The quantitative estimate of drug-likeness (QED) is 0.394. The molecule has 1 aromatic heterocycles. The monoisotopic (exact) mass is 415 g/mol. The fourth-order valence-electron chi connectivity index (χ4n) is 2.70. The minimum Gasteiger partial charge on any atom is -0.484 e. The predicted molar refractivity (Wildman–Crippen MR) is 118 cm³/mol. The second-order valence-corrected chi connectivity index (χ2v) is 8.11. The van der Waals surface area contributed by atoms with Crippen LogP contribution in [0.15, 0.2) is 48.0 Å². The molecule has 6 heteroatoms. The van der Waals surface area contributed by atoms with E-state index in [-0.39, 0.29) is 25.0 Å². The van der Waals surface area contributed by atoms with Gasteiger partial charge in [-0.05, 0) is 57.7 Å². The SMILES string of the molecule is CCOC(=O)c1cc([C@@H](C)CCC=C(C)C)sc1NC(=O)COc1ccccc1. The lowest BCUT2D eigenvalue weighted by molar-refractivity contribution is -0.118. The summed E-state index contributed by atoms with van der Waals surface area (Å²) in [6.07, 6.45) is 4.15. The largest absolute Gasteiger partial charge is 0.484 e. The fraction of sp³-hybridized carbons (Fsp3) is 0.391. The molecule has 0 saturated carbocycles. The predicted octanol–water partition coefficient (Wildman–Crippen LogP) is 5.79. The maximum absolute atomic E-state index is 12.4. The maximum Gasteiger partial charge on any atom is 0.341 e. The Morgan fingerprint density at radius 2 is 1.93 bits per heavy atom. The molecular formula is C23H29NO4S. The van der Waals surface area contributed by atoms with Crippen molar-refractivity contribution in [3.63, 3.8) is 0 Å². The van der Waals surface area contributed by atoms with Crippen LogP contribution >= 0.6 is 11.3 Å². The highest BCUT2D eigenvalue weighted by Gasteiger charge is 2.21. The summed E-state index contributed by atoms with van der Waals surface area (Å²) in [5.74, 6) is 0.152. The average molecular weight is 416 g/mol. The molecule has 0 unspecified atom stereocenters. The first-order valence-corrected chi connectivity index (χ1v) is 10.6. The van der Waals surface area contributed by atoms with Crippen LogP contribution in [0.4, 0.5) is 5.00 Å². The molecule has 156 valence electrons. The summed E-state index contributed by atoms with van der Waals surface area (Å²) in [4.78, 5) is 25.8. The Bertz CT molecular complexity index is 838. The fourth-order valence-corrected chi connectivity index (χ4v) is 3.85. The van der Waals surface area contributed by atoms with E-state index in [9.17, 15) is 9.59 Å². The summed E-state index contributed by atoms with van der Waals surface area (Å²) < 4.78 is 10.6. The number of anilines is 1. The number of hydrogen-bond acceptors (Lipinski definition) is 5. The number of ether oxygens (including phenoxy) is 2. The summed E-state index contributed by atoms with van der Waals surface area (Å²) >= 11 is 1.42. The molecule has 0 aliphatic carbocycles. The van der Waals surface area contributed by atoms with Gasteiger partial charge >= 0.3 is 5.97 Å². The highest BCUT2D eigenvalue weighted by molar-refractivity contribution is 7.16. The lowest BCUT2D eigenvalue weighted by Crippen LogP contribution is -2.21. The van der Waals surface area contributed by atoms with Crippen molar-refractivity contribution in [1.29, 1.82) is 0 Å². The number of amides is 1. The van der Waals surface area contributed by atoms with Gasteiger partial charge in [-0.15, -0.1) is 11.3 Å². The van der Waals surface area contributed by atoms with Crippen molar-refractivity contribution in [1.82, 2.24) is 0 Å². The number of thiophene rings is 1. The van der Waals surface area contributed by atoms with Crippen LogP contribution in [0.5, 0.6) is 5.75 Å². The Hall–Kier alpha value is -2.60. The highest BCUT2D eigenvalue weighted by atomic mass is 32.1. The third-order valence-electron chi connectivity index (χ3n) is 4.25. The van der Waals surface area contributed by atoms with Crippen molar-refractivity contribution in [2.75, 3.05) is 18.5 Å². The molecule has 1 atom stereocenters. The Labute approximate surface area is 176 Å². The number of rotatable bonds is 10. The number of carbonyl (C=O) groups is 2. The Morgan fingerprint density at radius 3 is 2.59 bits per heavy atom. The second-order valence-electron chi connectivity index (χ2n) is 7.02. The van der Waals surface area contributed by atoms with Gasteiger partial charge in [-0.25, -0.2) is 4.79 Å². The van der Waals surface area contributed by atoms with Gasteiger partial charge in [-0.3, -0.25) is 4.79 Å². The maximum atomic E-state index is 12.4. The average Bonchev–Trinajstić information content (AvgIpc) is 3.11. The number of hydrogen-bond donors (Lipinski definition) is 1. The van der Waals surface area contributed by atoms with E-state index in [1.54, 1.807) is 19.1 Å². The molecule has 2 rings (SSSR count). The van der Waals surface area contributed by atoms with Gasteiger partial charge in [0.05, 0.1) is 12.2 Å². The number of para-hydroxylation sites is 1. The standard InChI is InChI=1S/C23H29NO4S/c1-5-27-23(26)19-14-20(17(4)11-9-10-16(2)3)29-22(19)24-21(25)15-28-18-12-7-6-8-13-18/h6-8,10,12-14,17H,5,9,11,15H2,1-4H3,(H,24,25)/t17-/m0/s1. The van der Waals surface area contributed by atoms with Gasteiger partial charge in [-0.2, -0.15) is 0 Å². The van der Waals surface area contributed by atoms with Crippen LogP contribution in [0, 0.1) is 0 Å². The van der Waals surface area contributed by atoms with Crippen molar-refractivity contribution >= 4 is 28.2 Å². The molecule has 0 radical (unpaired) electrons. The summed E-state index contributed by atoms with van der Waals surface area (Å²) in [7, 11) is 0. The minimum atomic E-state index is -0.425. The number of nitrogens with one attached hydrogen (secondary N) is 1. The lowest BCUT2D eigenvalue weighted by Gasteiger charge is -2.08. The molecule has 5 nitrogen and oxygen atoms in total. The zero-order chi connectivity index (χ0) is 21.2.